The Morgan fingerprint density at radius 1 is 1.45 bits per heavy atom. The van der Waals surface area contributed by atoms with Gasteiger partial charge in [0.15, 0.2) is 5.71 Å². The van der Waals surface area contributed by atoms with E-state index in [1.807, 2.05) is 0 Å². The summed E-state index contributed by atoms with van der Waals surface area (Å²) >= 11 is 12.0. The summed E-state index contributed by atoms with van der Waals surface area (Å²) < 4.78 is 0. The van der Waals surface area contributed by atoms with Gasteiger partial charge in [-0.15, -0.1) is 0 Å². The van der Waals surface area contributed by atoms with Crippen molar-refractivity contribution >= 4 is 46.5 Å². The van der Waals surface area contributed by atoms with Gasteiger partial charge in [0.2, 0.25) is 6.10 Å². The Bertz CT molecular complexity index is 616. The van der Waals surface area contributed by atoms with E-state index >= 15 is 0 Å². The third-order valence-corrected chi connectivity index (χ3v) is 3.54. The van der Waals surface area contributed by atoms with Crippen LogP contribution in [0.1, 0.15) is 12.0 Å². The molecule has 0 saturated carbocycles. The van der Waals surface area contributed by atoms with Crippen molar-refractivity contribution in [3.8, 4) is 0 Å². The SMILES string of the molecule is Cc1ccc(Cl)c(NC(=O)C2CC(C(=O)O)=NO2)c1Cl. The van der Waals surface area contributed by atoms with Crippen molar-refractivity contribution in [2.75, 3.05) is 5.32 Å². The van der Waals surface area contributed by atoms with Gasteiger partial charge >= 0.3 is 5.97 Å². The molecule has 0 spiro atoms. The number of nitrogens with zero attached hydrogens (tertiary/aromatic N) is 1. The molecular weight excluding hydrogens is 307 g/mol. The van der Waals surface area contributed by atoms with Crippen LogP contribution in [0.5, 0.6) is 0 Å². The predicted molar refractivity (Wildman–Crippen MR) is 74.4 cm³/mol. The molecule has 1 atom stereocenters. The highest BCUT2D eigenvalue weighted by Gasteiger charge is 2.32. The maximum atomic E-state index is 12.0. The number of amides is 1. The van der Waals surface area contributed by atoms with Gasteiger partial charge in [0.25, 0.3) is 5.91 Å². The minimum absolute atomic E-state index is 0.109. The van der Waals surface area contributed by atoms with E-state index in [1.165, 1.54) is 0 Å². The molecule has 2 rings (SSSR count). The molecule has 1 aromatic carbocycles. The minimum Gasteiger partial charge on any atom is -0.477 e. The van der Waals surface area contributed by atoms with Gasteiger partial charge in [0, 0.05) is 6.42 Å². The van der Waals surface area contributed by atoms with Gasteiger partial charge in [-0.2, -0.15) is 0 Å². The molecule has 0 radical (unpaired) electrons. The van der Waals surface area contributed by atoms with Crippen LogP contribution in [-0.2, 0) is 14.4 Å². The Labute approximate surface area is 124 Å². The number of carboxylic acids is 1. The zero-order valence-corrected chi connectivity index (χ0v) is 11.8. The van der Waals surface area contributed by atoms with E-state index in [0.29, 0.717) is 5.02 Å². The second kappa shape index (κ2) is 5.68. The van der Waals surface area contributed by atoms with Crippen molar-refractivity contribution in [1.29, 1.82) is 0 Å². The summed E-state index contributed by atoms with van der Waals surface area (Å²) in [4.78, 5) is 27.5. The molecule has 0 fully saturated rings. The maximum Gasteiger partial charge on any atom is 0.353 e. The van der Waals surface area contributed by atoms with Crippen LogP contribution in [0.15, 0.2) is 17.3 Å². The average Bonchev–Trinajstić information content (AvgIpc) is 2.89. The number of rotatable bonds is 3. The number of carboxylic acid groups (broad SMARTS) is 1. The van der Waals surface area contributed by atoms with Gasteiger partial charge in [-0.25, -0.2) is 4.79 Å². The number of nitrogens with one attached hydrogen (secondary N) is 1. The topological polar surface area (TPSA) is 88.0 Å². The van der Waals surface area contributed by atoms with E-state index in [-0.39, 0.29) is 22.8 Å². The van der Waals surface area contributed by atoms with Crippen molar-refractivity contribution in [3.63, 3.8) is 0 Å². The third kappa shape index (κ3) is 2.86. The van der Waals surface area contributed by atoms with Crippen LogP contribution in [0.25, 0.3) is 0 Å². The van der Waals surface area contributed by atoms with Crippen LogP contribution < -0.4 is 5.32 Å². The first-order valence-electron chi connectivity index (χ1n) is 5.61. The Morgan fingerprint density at radius 3 is 2.75 bits per heavy atom. The van der Waals surface area contributed by atoms with E-state index in [2.05, 4.69) is 10.5 Å². The number of carbonyl (C=O) groups excluding carboxylic acids is 1. The summed E-state index contributed by atoms with van der Waals surface area (Å²) in [6, 6.07) is 3.32. The van der Waals surface area contributed by atoms with Crippen LogP contribution in [0.2, 0.25) is 10.0 Å². The molecule has 106 valence electrons. The number of aliphatic carboxylic acids is 1. The van der Waals surface area contributed by atoms with Crippen LogP contribution in [0.4, 0.5) is 5.69 Å². The Balaban J connectivity index is 2.11. The molecule has 0 bridgehead atoms. The van der Waals surface area contributed by atoms with Crippen LogP contribution >= 0.6 is 23.2 Å². The van der Waals surface area contributed by atoms with Crippen LogP contribution in [-0.4, -0.2) is 28.8 Å². The number of benzene rings is 1. The quantitative estimate of drug-likeness (QED) is 0.896. The molecule has 1 aliphatic rings. The molecule has 0 saturated heterocycles. The first-order valence-corrected chi connectivity index (χ1v) is 6.37. The van der Waals surface area contributed by atoms with Gasteiger partial charge in [-0.3, -0.25) is 4.79 Å². The normalized spacial score (nSPS) is 17.4. The number of hydrogen-bond donors (Lipinski definition) is 2. The fraction of sp³-hybridized carbons (Fsp3) is 0.250. The molecular formula is C12H10Cl2N2O4. The predicted octanol–water partition coefficient (Wildman–Crippen LogP) is 2.47. The largest absolute Gasteiger partial charge is 0.477 e. The number of oxime groups is 1. The molecule has 1 heterocycles. The van der Waals surface area contributed by atoms with Crippen molar-refractivity contribution in [2.45, 2.75) is 19.4 Å². The number of hydrogen-bond acceptors (Lipinski definition) is 4. The van der Waals surface area contributed by atoms with Gasteiger partial charge in [0.1, 0.15) is 0 Å². The average molecular weight is 317 g/mol. The Hall–Kier alpha value is -1.79. The lowest BCUT2D eigenvalue weighted by Crippen LogP contribution is -2.29. The monoisotopic (exact) mass is 316 g/mol. The first-order chi connectivity index (χ1) is 9.40. The summed E-state index contributed by atoms with van der Waals surface area (Å²) in [6.45, 7) is 1.77. The lowest BCUT2D eigenvalue weighted by atomic mass is 10.1. The molecule has 8 heteroatoms. The Kier molecular flexibility index (Phi) is 4.15. The van der Waals surface area contributed by atoms with Crippen LogP contribution in [0, 0.1) is 6.92 Å². The molecule has 0 aliphatic carbocycles. The number of halogens is 2. The molecule has 1 aliphatic heterocycles. The highest BCUT2D eigenvalue weighted by atomic mass is 35.5. The minimum atomic E-state index is -1.22. The fourth-order valence-corrected chi connectivity index (χ4v) is 2.08. The highest BCUT2D eigenvalue weighted by molar-refractivity contribution is 6.40. The van der Waals surface area contributed by atoms with Crippen LogP contribution in [0.3, 0.4) is 0 Å². The number of anilines is 1. The summed E-state index contributed by atoms with van der Waals surface area (Å²) in [5.41, 5.74) is 0.818. The van der Waals surface area contributed by atoms with E-state index in [0.717, 1.165) is 5.56 Å². The lowest BCUT2D eigenvalue weighted by molar-refractivity contribution is -0.129. The molecule has 6 nitrogen and oxygen atoms in total. The molecule has 1 aromatic rings. The number of aryl methyl sites for hydroxylation is 1. The zero-order chi connectivity index (χ0) is 14.9. The second-order valence-corrected chi connectivity index (χ2v) is 4.97. The number of carbonyl (C=O) groups is 2. The first kappa shape index (κ1) is 14.6. The van der Waals surface area contributed by atoms with Gasteiger partial charge < -0.3 is 15.3 Å². The summed E-state index contributed by atoms with van der Waals surface area (Å²) in [5.74, 6) is -1.77. The zero-order valence-electron chi connectivity index (χ0n) is 10.3. The van der Waals surface area contributed by atoms with Crippen molar-refractivity contribution in [3.05, 3.63) is 27.7 Å². The summed E-state index contributed by atoms with van der Waals surface area (Å²) in [6.07, 6.45) is -1.11. The molecule has 0 aromatic heterocycles. The second-order valence-electron chi connectivity index (χ2n) is 4.18. The van der Waals surface area contributed by atoms with E-state index < -0.39 is 18.0 Å². The third-order valence-electron chi connectivity index (χ3n) is 2.74. The standard InChI is InChI=1S/C12H10Cl2N2O4/c1-5-2-3-6(13)10(9(5)14)15-11(17)8-4-7(12(18)19)16-20-8/h2-3,8H,4H2,1H3,(H,15,17)(H,18,19). The van der Waals surface area contributed by atoms with Gasteiger partial charge in [-0.1, -0.05) is 34.4 Å². The molecule has 2 N–H and O–H groups in total. The van der Waals surface area contributed by atoms with E-state index in [1.54, 1.807) is 19.1 Å². The van der Waals surface area contributed by atoms with Crippen molar-refractivity contribution < 1.29 is 19.5 Å². The fourth-order valence-electron chi connectivity index (χ4n) is 1.62. The lowest BCUT2D eigenvalue weighted by Gasteiger charge is -2.13. The van der Waals surface area contributed by atoms with Crippen molar-refractivity contribution in [2.24, 2.45) is 5.16 Å². The smallest absolute Gasteiger partial charge is 0.353 e. The Morgan fingerprint density at radius 2 is 2.15 bits per heavy atom. The van der Waals surface area contributed by atoms with E-state index in [4.69, 9.17) is 33.1 Å². The highest BCUT2D eigenvalue weighted by Crippen LogP contribution is 2.33. The van der Waals surface area contributed by atoms with E-state index in [9.17, 15) is 9.59 Å². The van der Waals surface area contributed by atoms with Crippen molar-refractivity contribution in [1.82, 2.24) is 0 Å². The summed E-state index contributed by atoms with van der Waals surface area (Å²) in [5, 5.41) is 15.2. The van der Waals surface area contributed by atoms with Gasteiger partial charge in [-0.05, 0) is 18.6 Å². The summed E-state index contributed by atoms with van der Waals surface area (Å²) in [7, 11) is 0. The van der Waals surface area contributed by atoms with Gasteiger partial charge in [0.05, 0.1) is 15.7 Å². The molecule has 1 unspecified atom stereocenters. The maximum absolute atomic E-state index is 12.0. The molecule has 20 heavy (non-hydrogen) atoms. The molecule has 1 amide bonds.